The molecule has 0 unspecified atom stereocenters. The van der Waals surface area contributed by atoms with Gasteiger partial charge in [-0.25, -0.2) is 0 Å². The van der Waals surface area contributed by atoms with E-state index in [1.54, 1.807) is 0 Å². The molecule has 14 heavy (non-hydrogen) atoms. The maximum atomic E-state index is 2.41. The lowest BCUT2D eigenvalue weighted by Gasteiger charge is -2.23. The second-order valence-corrected chi connectivity index (χ2v) is 6.19. The molecule has 0 saturated carbocycles. The fourth-order valence-corrected chi connectivity index (χ4v) is 1.16. The molecule has 0 aliphatic rings. The summed E-state index contributed by atoms with van der Waals surface area (Å²) in [4.78, 5) is 0. The predicted molar refractivity (Wildman–Crippen MR) is 66.5 cm³/mol. The van der Waals surface area contributed by atoms with Gasteiger partial charge in [0, 0.05) is 0 Å². The largest absolute Gasteiger partial charge is 0.0851 e. The first-order valence-electron chi connectivity index (χ1n) is 5.86. The summed E-state index contributed by atoms with van der Waals surface area (Å²) in [6, 6.07) is 0. The molecule has 0 aromatic carbocycles. The van der Waals surface area contributed by atoms with Gasteiger partial charge in [-0.2, -0.15) is 0 Å². The maximum Gasteiger partial charge on any atom is -0.0176 e. The molecule has 0 radical (unpaired) electrons. The fraction of sp³-hybridized carbons (Fsp3) is 0.857. The fourth-order valence-electron chi connectivity index (χ4n) is 1.16. The zero-order valence-electron chi connectivity index (χ0n) is 11.2. The van der Waals surface area contributed by atoms with Crippen LogP contribution in [0.2, 0.25) is 0 Å². The van der Waals surface area contributed by atoms with Crippen molar-refractivity contribution in [1.29, 1.82) is 0 Å². The quantitative estimate of drug-likeness (QED) is 0.542. The Morgan fingerprint density at radius 1 is 1.07 bits per heavy atom. The van der Waals surface area contributed by atoms with Gasteiger partial charge >= 0.3 is 0 Å². The molecule has 0 atom stereocenters. The summed E-state index contributed by atoms with van der Waals surface area (Å²) in [5, 5.41) is 0. The van der Waals surface area contributed by atoms with Crippen LogP contribution in [0.5, 0.6) is 0 Å². The van der Waals surface area contributed by atoms with Crippen molar-refractivity contribution in [2.24, 2.45) is 10.8 Å². The van der Waals surface area contributed by atoms with Crippen molar-refractivity contribution in [3.05, 3.63) is 11.6 Å². The first-order valence-corrected chi connectivity index (χ1v) is 5.86. The van der Waals surface area contributed by atoms with Crippen LogP contribution >= 0.6 is 0 Å². The van der Waals surface area contributed by atoms with Crippen LogP contribution in [0.4, 0.5) is 0 Å². The van der Waals surface area contributed by atoms with Crippen molar-refractivity contribution in [2.75, 3.05) is 0 Å². The SMILES string of the molecule is CCC(C)(C)CC/C=C(\C)C(C)(C)C. The first-order chi connectivity index (χ1) is 6.19. The lowest BCUT2D eigenvalue weighted by atomic mass is 9.83. The molecule has 0 nitrogen and oxygen atoms in total. The molecule has 0 aliphatic heterocycles. The Kier molecular flexibility index (Phi) is 4.91. The Bertz CT molecular complexity index is 189. The minimum absolute atomic E-state index is 0.344. The van der Waals surface area contributed by atoms with Crippen LogP contribution in [0, 0.1) is 10.8 Å². The van der Waals surface area contributed by atoms with E-state index < -0.39 is 0 Å². The van der Waals surface area contributed by atoms with Crippen molar-refractivity contribution in [1.82, 2.24) is 0 Å². The van der Waals surface area contributed by atoms with Gasteiger partial charge in [-0.15, -0.1) is 0 Å². The average Bonchev–Trinajstić information content (AvgIpc) is 2.02. The zero-order chi connectivity index (χ0) is 11.4. The zero-order valence-corrected chi connectivity index (χ0v) is 11.2. The molecule has 0 spiro atoms. The van der Waals surface area contributed by atoms with Gasteiger partial charge in [0.25, 0.3) is 0 Å². The Labute approximate surface area is 90.8 Å². The highest BCUT2D eigenvalue weighted by atomic mass is 14.2. The van der Waals surface area contributed by atoms with Crippen LogP contribution in [0.25, 0.3) is 0 Å². The molecule has 0 bridgehead atoms. The Hall–Kier alpha value is -0.260. The molecule has 0 heteroatoms. The molecule has 0 heterocycles. The van der Waals surface area contributed by atoms with Crippen LogP contribution < -0.4 is 0 Å². The summed E-state index contributed by atoms with van der Waals surface area (Å²) < 4.78 is 0. The molecular weight excluding hydrogens is 168 g/mol. The van der Waals surface area contributed by atoms with Crippen LogP contribution in [-0.2, 0) is 0 Å². The Balaban J connectivity index is 4.07. The van der Waals surface area contributed by atoms with Gasteiger partial charge in [0.1, 0.15) is 0 Å². The van der Waals surface area contributed by atoms with Crippen molar-refractivity contribution >= 4 is 0 Å². The Morgan fingerprint density at radius 3 is 1.93 bits per heavy atom. The lowest BCUT2D eigenvalue weighted by molar-refractivity contribution is 0.324. The minimum Gasteiger partial charge on any atom is -0.0851 e. The van der Waals surface area contributed by atoms with Gasteiger partial charge in [0.2, 0.25) is 0 Å². The Morgan fingerprint density at radius 2 is 1.57 bits per heavy atom. The molecule has 0 aromatic heterocycles. The topological polar surface area (TPSA) is 0 Å². The highest BCUT2D eigenvalue weighted by Gasteiger charge is 2.15. The van der Waals surface area contributed by atoms with Crippen molar-refractivity contribution in [3.63, 3.8) is 0 Å². The minimum atomic E-state index is 0.344. The summed E-state index contributed by atoms with van der Waals surface area (Å²) in [6.07, 6.45) is 6.22. The number of hydrogen-bond acceptors (Lipinski definition) is 0. The van der Waals surface area contributed by atoms with E-state index in [-0.39, 0.29) is 0 Å². The van der Waals surface area contributed by atoms with Crippen LogP contribution in [0.1, 0.15) is 67.7 Å². The first kappa shape index (κ1) is 13.7. The monoisotopic (exact) mass is 196 g/mol. The number of allylic oxidation sites excluding steroid dienone is 2. The maximum absolute atomic E-state index is 2.41. The molecule has 0 amide bonds. The molecular formula is C14H28. The van der Waals surface area contributed by atoms with E-state index in [1.165, 1.54) is 24.8 Å². The van der Waals surface area contributed by atoms with Crippen molar-refractivity contribution < 1.29 is 0 Å². The van der Waals surface area contributed by atoms with Gasteiger partial charge < -0.3 is 0 Å². The summed E-state index contributed by atoms with van der Waals surface area (Å²) in [5.41, 5.74) is 2.37. The van der Waals surface area contributed by atoms with Crippen LogP contribution in [-0.4, -0.2) is 0 Å². The molecule has 0 N–H and O–H groups in total. The molecule has 84 valence electrons. The highest BCUT2D eigenvalue weighted by Crippen LogP contribution is 2.29. The predicted octanol–water partition coefficient (Wildman–Crippen LogP) is 5.20. The summed E-state index contributed by atoms with van der Waals surface area (Å²) in [6.45, 7) is 16.1. The smallest absolute Gasteiger partial charge is 0.0176 e. The second kappa shape index (κ2) is 5.00. The van der Waals surface area contributed by atoms with Crippen LogP contribution in [0.3, 0.4) is 0 Å². The third kappa shape index (κ3) is 5.47. The van der Waals surface area contributed by atoms with Gasteiger partial charge in [-0.1, -0.05) is 59.6 Å². The van der Waals surface area contributed by atoms with E-state index in [1.807, 2.05) is 0 Å². The van der Waals surface area contributed by atoms with Crippen molar-refractivity contribution in [3.8, 4) is 0 Å². The van der Waals surface area contributed by atoms with Gasteiger partial charge in [0.15, 0.2) is 0 Å². The van der Waals surface area contributed by atoms with E-state index >= 15 is 0 Å². The average molecular weight is 196 g/mol. The van der Waals surface area contributed by atoms with E-state index in [0.717, 1.165) is 0 Å². The van der Waals surface area contributed by atoms with E-state index in [4.69, 9.17) is 0 Å². The summed E-state index contributed by atoms with van der Waals surface area (Å²) in [7, 11) is 0. The molecule has 0 aromatic rings. The van der Waals surface area contributed by atoms with Crippen molar-refractivity contribution in [2.45, 2.75) is 67.7 Å². The van der Waals surface area contributed by atoms with Crippen LogP contribution in [0.15, 0.2) is 11.6 Å². The van der Waals surface area contributed by atoms with E-state index in [2.05, 4.69) is 54.5 Å². The highest BCUT2D eigenvalue weighted by molar-refractivity contribution is 5.07. The standard InChI is InChI=1S/C14H28/c1-8-14(6,7)11-9-10-12(2)13(3,4)5/h10H,8-9,11H2,1-7H3/b12-10+. The molecule has 0 saturated heterocycles. The summed E-state index contributed by atoms with van der Waals surface area (Å²) in [5.74, 6) is 0. The third-order valence-corrected chi connectivity index (χ3v) is 3.41. The van der Waals surface area contributed by atoms with E-state index in [9.17, 15) is 0 Å². The second-order valence-electron chi connectivity index (χ2n) is 6.19. The number of rotatable bonds is 4. The normalized spacial score (nSPS) is 14.6. The molecule has 0 fully saturated rings. The van der Waals surface area contributed by atoms with E-state index in [0.29, 0.717) is 10.8 Å². The molecule has 0 aliphatic carbocycles. The summed E-state index contributed by atoms with van der Waals surface area (Å²) >= 11 is 0. The van der Waals surface area contributed by atoms with Gasteiger partial charge in [-0.05, 0) is 30.6 Å². The van der Waals surface area contributed by atoms with Gasteiger partial charge in [0.05, 0.1) is 0 Å². The number of hydrogen-bond donors (Lipinski definition) is 0. The lowest BCUT2D eigenvalue weighted by Crippen LogP contribution is -2.10. The molecule has 0 rings (SSSR count). The third-order valence-electron chi connectivity index (χ3n) is 3.41. The van der Waals surface area contributed by atoms with Gasteiger partial charge in [-0.3, -0.25) is 0 Å².